The molecule has 1 N–H and O–H groups in total. The first kappa shape index (κ1) is 18.1. The van der Waals surface area contributed by atoms with E-state index in [1.807, 2.05) is 0 Å². The van der Waals surface area contributed by atoms with Crippen LogP contribution in [-0.4, -0.2) is 48.3 Å². The van der Waals surface area contributed by atoms with E-state index in [2.05, 4.69) is 20.2 Å². The van der Waals surface area contributed by atoms with Crippen LogP contribution in [0.3, 0.4) is 0 Å². The van der Waals surface area contributed by atoms with Gasteiger partial charge in [0.15, 0.2) is 0 Å². The van der Waals surface area contributed by atoms with Gasteiger partial charge in [-0.15, -0.1) is 0 Å². The summed E-state index contributed by atoms with van der Waals surface area (Å²) in [6.07, 6.45) is -2.48. The van der Waals surface area contributed by atoms with E-state index in [0.717, 1.165) is 0 Å². The topological polar surface area (TPSA) is 96.8 Å². The van der Waals surface area contributed by atoms with Crippen LogP contribution in [0.4, 0.5) is 13.2 Å². The van der Waals surface area contributed by atoms with Gasteiger partial charge < -0.3 is 4.90 Å². The lowest BCUT2D eigenvalue weighted by atomic mass is 10.1. The van der Waals surface area contributed by atoms with Gasteiger partial charge in [-0.2, -0.15) is 18.3 Å². The summed E-state index contributed by atoms with van der Waals surface area (Å²) < 4.78 is 40.2. The summed E-state index contributed by atoms with van der Waals surface area (Å²) in [4.78, 5) is 35.0. The van der Waals surface area contributed by atoms with Crippen LogP contribution in [0, 0.1) is 0 Å². The number of H-pyrrole nitrogens is 1. The third-order valence-electron chi connectivity index (χ3n) is 4.66. The Balaban J connectivity index is 1.85. The summed E-state index contributed by atoms with van der Waals surface area (Å²) in [6.45, 7) is -1.15. The summed E-state index contributed by atoms with van der Waals surface area (Å²) in [5, 5.41) is 6.19. The minimum absolute atomic E-state index is 0.0163. The molecule has 1 aromatic carbocycles. The number of hydrogen-bond acceptors (Lipinski definition) is 5. The number of rotatable bonds is 3. The Bertz CT molecular complexity index is 1080. The average molecular weight is 392 g/mol. The van der Waals surface area contributed by atoms with Gasteiger partial charge in [-0.3, -0.25) is 19.3 Å². The maximum absolute atomic E-state index is 13.2. The second-order valence-electron chi connectivity index (χ2n) is 6.48. The van der Waals surface area contributed by atoms with Crippen molar-refractivity contribution in [2.75, 3.05) is 6.54 Å². The molecule has 1 aliphatic rings. The molecule has 1 amide bonds. The highest BCUT2D eigenvalue weighted by Crippen LogP contribution is 2.33. The number of likely N-dealkylation sites (tertiary alicyclic amines) is 1. The Kier molecular flexibility index (Phi) is 4.36. The molecule has 11 heteroatoms. The molecule has 1 fully saturated rings. The molecular weight excluding hydrogens is 377 g/mol. The zero-order valence-electron chi connectivity index (χ0n) is 14.5. The van der Waals surface area contributed by atoms with Crippen molar-refractivity contribution in [3.63, 3.8) is 0 Å². The predicted molar refractivity (Wildman–Crippen MR) is 91.5 cm³/mol. The zero-order chi connectivity index (χ0) is 19.9. The van der Waals surface area contributed by atoms with Crippen LogP contribution >= 0.6 is 0 Å². The predicted octanol–water partition coefficient (Wildman–Crippen LogP) is 2.05. The first-order valence-electron chi connectivity index (χ1n) is 8.58. The number of carbonyl (C=O) groups is 1. The monoisotopic (exact) mass is 392 g/mol. The highest BCUT2D eigenvalue weighted by atomic mass is 19.4. The lowest BCUT2D eigenvalue weighted by Gasteiger charge is -2.26. The van der Waals surface area contributed by atoms with Crippen molar-refractivity contribution >= 4 is 16.8 Å². The van der Waals surface area contributed by atoms with E-state index in [4.69, 9.17) is 0 Å². The van der Waals surface area contributed by atoms with Gasteiger partial charge in [0.25, 0.3) is 11.5 Å². The van der Waals surface area contributed by atoms with Crippen molar-refractivity contribution in [3.8, 4) is 0 Å². The Morgan fingerprint density at radius 1 is 1.29 bits per heavy atom. The van der Waals surface area contributed by atoms with E-state index in [9.17, 15) is 22.8 Å². The Hall–Kier alpha value is -3.24. The van der Waals surface area contributed by atoms with Crippen molar-refractivity contribution in [1.82, 2.24) is 29.6 Å². The zero-order valence-corrected chi connectivity index (χ0v) is 14.5. The van der Waals surface area contributed by atoms with E-state index in [1.165, 1.54) is 17.3 Å². The van der Waals surface area contributed by atoms with Crippen molar-refractivity contribution in [2.24, 2.45) is 0 Å². The molecule has 8 nitrogen and oxygen atoms in total. The molecule has 0 spiro atoms. The second kappa shape index (κ2) is 6.73. The van der Waals surface area contributed by atoms with Gasteiger partial charge in [-0.25, -0.2) is 9.97 Å². The van der Waals surface area contributed by atoms with Crippen molar-refractivity contribution in [2.45, 2.75) is 31.6 Å². The van der Waals surface area contributed by atoms with Gasteiger partial charge in [0.2, 0.25) is 5.82 Å². The van der Waals surface area contributed by atoms with Crippen LogP contribution in [0.5, 0.6) is 0 Å². The third-order valence-corrected chi connectivity index (χ3v) is 4.66. The number of carbonyl (C=O) groups excluding carboxylic acids is 1. The van der Waals surface area contributed by atoms with Gasteiger partial charge in [0.1, 0.15) is 18.7 Å². The SMILES string of the molecule is O=C(c1ncn[nH]1)N1CCCC1c1nc2ccccc2c(=O)n1CC(F)(F)F. The van der Waals surface area contributed by atoms with Crippen LogP contribution in [-0.2, 0) is 6.54 Å². The summed E-state index contributed by atoms with van der Waals surface area (Å²) in [5.41, 5.74) is -0.489. The molecule has 146 valence electrons. The van der Waals surface area contributed by atoms with Crippen molar-refractivity contribution in [1.29, 1.82) is 0 Å². The molecule has 3 aromatic rings. The van der Waals surface area contributed by atoms with Crippen LogP contribution < -0.4 is 5.56 Å². The molecule has 28 heavy (non-hydrogen) atoms. The highest BCUT2D eigenvalue weighted by molar-refractivity contribution is 5.90. The van der Waals surface area contributed by atoms with E-state index >= 15 is 0 Å². The van der Waals surface area contributed by atoms with Gasteiger partial charge >= 0.3 is 6.18 Å². The summed E-state index contributed by atoms with van der Waals surface area (Å²) in [6, 6.07) is 5.46. The lowest BCUT2D eigenvalue weighted by Crippen LogP contribution is -2.38. The molecule has 1 unspecified atom stereocenters. The van der Waals surface area contributed by atoms with Crippen LogP contribution in [0.1, 0.15) is 35.3 Å². The molecule has 0 radical (unpaired) electrons. The molecule has 3 heterocycles. The fourth-order valence-corrected chi connectivity index (χ4v) is 3.49. The van der Waals surface area contributed by atoms with Crippen molar-refractivity contribution < 1.29 is 18.0 Å². The number of aromatic nitrogens is 5. The molecule has 0 saturated carbocycles. The van der Waals surface area contributed by atoms with Gasteiger partial charge in [-0.05, 0) is 25.0 Å². The Labute approximate surface area is 156 Å². The number of halogens is 3. The quantitative estimate of drug-likeness (QED) is 0.736. The molecule has 1 aliphatic heterocycles. The molecule has 0 aliphatic carbocycles. The van der Waals surface area contributed by atoms with E-state index in [0.29, 0.717) is 29.5 Å². The van der Waals surface area contributed by atoms with Crippen LogP contribution in [0.15, 0.2) is 35.4 Å². The molecule has 1 saturated heterocycles. The van der Waals surface area contributed by atoms with Crippen LogP contribution in [0.25, 0.3) is 10.9 Å². The van der Waals surface area contributed by atoms with Gasteiger partial charge in [0, 0.05) is 6.54 Å². The number of aromatic amines is 1. The molecule has 2 aromatic heterocycles. The highest BCUT2D eigenvalue weighted by Gasteiger charge is 2.37. The molecular formula is C17H15F3N6O2. The number of alkyl halides is 3. The molecule has 0 bridgehead atoms. The minimum Gasteiger partial charge on any atom is -0.326 e. The van der Waals surface area contributed by atoms with E-state index < -0.39 is 30.2 Å². The fraction of sp³-hybridized carbons (Fsp3) is 0.353. The van der Waals surface area contributed by atoms with E-state index in [-0.39, 0.29) is 17.0 Å². The smallest absolute Gasteiger partial charge is 0.326 e. The summed E-state index contributed by atoms with van der Waals surface area (Å²) in [5.74, 6) is -0.593. The second-order valence-corrected chi connectivity index (χ2v) is 6.48. The average Bonchev–Trinajstić information content (AvgIpc) is 3.34. The molecule has 1 atom stereocenters. The van der Waals surface area contributed by atoms with Gasteiger partial charge in [-0.1, -0.05) is 12.1 Å². The summed E-state index contributed by atoms with van der Waals surface area (Å²) in [7, 11) is 0. The Morgan fingerprint density at radius 3 is 2.79 bits per heavy atom. The lowest BCUT2D eigenvalue weighted by molar-refractivity contribution is -0.141. The largest absolute Gasteiger partial charge is 0.406 e. The Morgan fingerprint density at radius 2 is 2.07 bits per heavy atom. The first-order valence-corrected chi connectivity index (χ1v) is 8.58. The first-order chi connectivity index (χ1) is 13.3. The maximum atomic E-state index is 13.2. The number of nitrogens with zero attached hydrogens (tertiary/aromatic N) is 5. The number of benzene rings is 1. The fourth-order valence-electron chi connectivity index (χ4n) is 3.49. The number of hydrogen-bond donors (Lipinski definition) is 1. The number of fused-ring (bicyclic) bond motifs is 1. The van der Waals surface area contributed by atoms with Crippen LogP contribution in [0.2, 0.25) is 0 Å². The number of para-hydroxylation sites is 1. The number of nitrogens with one attached hydrogen (secondary N) is 1. The maximum Gasteiger partial charge on any atom is 0.406 e. The van der Waals surface area contributed by atoms with E-state index in [1.54, 1.807) is 18.2 Å². The minimum atomic E-state index is -4.61. The molecule has 4 rings (SSSR count). The van der Waals surface area contributed by atoms with Crippen molar-refractivity contribution in [3.05, 3.63) is 52.6 Å². The normalized spacial score (nSPS) is 17.4. The number of amides is 1. The van der Waals surface area contributed by atoms with Gasteiger partial charge in [0.05, 0.1) is 16.9 Å². The third kappa shape index (κ3) is 3.23. The standard InChI is InChI=1S/C17H15F3N6O2/c18-17(19,20)8-26-14(23-11-5-2-1-4-10(11)15(26)27)12-6-3-7-25(12)16(28)13-21-9-22-24-13/h1-2,4-5,9,12H,3,6-8H2,(H,21,22,24). The summed E-state index contributed by atoms with van der Waals surface area (Å²) >= 11 is 0.